The lowest BCUT2D eigenvalue weighted by molar-refractivity contribution is -0.116. The van der Waals surface area contributed by atoms with Crippen LogP contribution in [0.3, 0.4) is 0 Å². The number of hydrogen-bond donors (Lipinski definition) is 2. The van der Waals surface area contributed by atoms with Gasteiger partial charge in [0.15, 0.2) is 17.2 Å². The van der Waals surface area contributed by atoms with Crippen molar-refractivity contribution in [2.75, 3.05) is 30.4 Å². The average Bonchev–Trinajstić information content (AvgIpc) is 2.76. The fraction of sp³-hybridized carbons (Fsp3) is 0.174. The summed E-state index contributed by atoms with van der Waals surface area (Å²) in [6.07, 6.45) is 0.314. The van der Waals surface area contributed by atoms with Crippen LogP contribution in [-0.4, -0.2) is 25.7 Å². The molecule has 1 aliphatic heterocycles. The van der Waals surface area contributed by atoms with Gasteiger partial charge in [-0.25, -0.2) is 0 Å². The first-order chi connectivity index (χ1) is 14.3. The molecule has 0 fully saturated rings. The van der Waals surface area contributed by atoms with E-state index in [2.05, 4.69) is 10.6 Å². The minimum atomic E-state index is -0.0980. The molecule has 0 bridgehead atoms. The zero-order valence-corrected chi connectivity index (χ0v) is 15.9. The van der Waals surface area contributed by atoms with Gasteiger partial charge in [-0.05, 0) is 36.4 Å². The third-order valence-electron chi connectivity index (χ3n) is 4.36. The van der Waals surface area contributed by atoms with Gasteiger partial charge >= 0.3 is 0 Å². The Hall–Kier alpha value is -3.67. The molecule has 0 radical (unpaired) electrons. The predicted molar refractivity (Wildman–Crippen MR) is 112 cm³/mol. The van der Waals surface area contributed by atoms with Crippen molar-refractivity contribution in [2.24, 2.45) is 0 Å². The Kier molecular flexibility index (Phi) is 5.81. The predicted octanol–water partition coefficient (Wildman–Crippen LogP) is 4.69. The Morgan fingerprint density at radius 2 is 1.66 bits per heavy atom. The molecule has 6 heteroatoms. The Bertz CT molecular complexity index is 976. The van der Waals surface area contributed by atoms with E-state index in [1.54, 1.807) is 0 Å². The van der Waals surface area contributed by atoms with Crippen LogP contribution < -0.4 is 24.8 Å². The lowest BCUT2D eigenvalue weighted by Crippen LogP contribution is -2.17. The maximum absolute atomic E-state index is 12.4. The van der Waals surface area contributed by atoms with Gasteiger partial charge in [0.25, 0.3) is 0 Å². The monoisotopic (exact) mass is 390 g/mol. The van der Waals surface area contributed by atoms with Crippen molar-refractivity contribution in [1.29, 1.82) is 0 Å². The highest BCUT2D eigenvalue weighted by Gasteiger charge is 2.12. The van der Waals surface area contributed by atoms with Gasteiger partial charge in [0.1, 0.15) is 19.0 Å². The quantitative estimate of drug-likeness (QED) is 0.612. The van der Waals surface area contributed by atoms with Crippen molar-refractivity contribution in [3.8, 4) is 23.0 Å². The summed E-state index contributed by atoms with van der Waals surface area (Å²) in [5.74, 6) is 2.69. The number of para-hydroxylation sites is 3. The maximum atomic E-state index is 12.4. The minimum Gasteiger partial charge on any atom is -0.486 e. The summed E-state index contributed by atoms with van der Waals surface area (Å²) < 4.78 is 17.0. The summed E-state index contributed by atoms with van der Waals surface area (Å²) in [7, 11) is 0. The van der Waals surface area contributed by atoms with Crippen LogP contribution in [0.5, 0.6) is 23.0 Å². The molecule has 29 heavy (non-hydrogen) atoms. The lowest BCUT2D eigenvalue weighted by atomic mass is 10.2. The number of fused-ring (bicyclic) bond motifs is 1. The molecule has 0 saturated carbocycles. The van der Waals surface area contributed by atoms with E-state index in [1.807, 2.05) is 72.8 Å². The molecule has 1 aliphatic rings. The second kappa shape index (κ2) is 9.01. The molecule has 6 nitrogen and oxygen atoms in total. The van der Waals surface area contributed by atoms with Gasteiger partial charge in [-0.1, -0.05) is 30.3 Å². The molecular formula is C23H22N2O4. The number of hydrogen-bond acceptors (Lipinski definition) is 5. The van der Waals surface area contributed by atoms with E-state index in [4.69, 9.17) is 14.2 Å². The smallest absolute Gasteiger partial charge is 0.226 e. The van der Waals surface area contributed by atoms with Gasteiger partial charge in [0.2, 0.25) is 5.91 Å². The largest absolute Gasteiger partial charge is 0.486 e. The normalized spacial score (nSPS) is 12.1. The van der Waals surface area contributed by atoms with Crippen LogP contribution in [-0.2, 0) is 4.79 Å². The first kappa shape index (κ1) is 18.7. The summed E-state index contributed by atoms with van der Waals surface area (Å²) in [5, 5.41) is 6.16. The molecular weight excluding hydrogens is 368 g/mol. The molecule has 4 rings (SSSR count). The Morgan fingerprint density at radius 1 is 0.897 bits per heavy atom. The van der Waals surface area contributed by atoms with Crippen molar-refractivity contribution < 1.29 is 19.0 Å². The van der Waals surface area contributed by atoms with Crippen molar-refractivity contribution in [3.63, 3.8) is 0 Å². The first-order valence-corrected chi connectivity index (χ1v) is 9.53. The van der Waals surface area contributed by atoms with E-state index in [0.29, 0.717) is 37.6 Å². The second-order valence-electron chi connectivity index (χ2n) is 6.49. The molecule has 3 aromatic carbocycles. The Balaban J connectivity index is 1.31. The van der Waals surface area contributed by atoms with Crippen LogP contribution in [0.4, 0.5) is 11.4 Å². The number of anilines is 2. The van der Waals surface area contributed by atoms with Crippen LogP contribution in [0.25, 0.3) is 0 Å². The molecule has 0 aliphatic carbocycles. The number of benzene rings is 3. The van der Waals surface area contributed by atoms with E-state index in [0.717, 1.165) is 22.9 Å². The minimum absolute atomic E-state index is 0.0980. The van der Waals surface area contributed by atoms with Crippen molar-refractivity contribution >= 4 is 17.3 Å². The highest BCUT2D eigenvalue weighted by atomic mass is 16.6. The number of ether oxygens (including phenoxy) is 3. The van der Waals surface area contributed by atoms with E-state index in [9.17, 15) is 4.79 Å². The van der Waals surface area contributed by atoms with Crippen molar-refractivity contribution in [2.45, 2.75) is 6.42 Å². The van der Waals surface area contributed by atoms with Crippen molar-refractivity contribution in [3.05, 3.63) is 72.8 Å². The topological polar surface area (TPSA) is 68.8 Å². The number of carbonyl (C=O) groups excluding carboxylic acids is 1. The molecule has 2 N–H and O–H groups in total. The molecule has 0 spiro atoms. The summed E-state index contributed by atoms with van der Waals surface area (Å²) >= 11 is 0. The summed E-state index contributed by atoms with van der Waals surface area (Å²) in [5.41, 5.74) is 1.52. The van der Waals surface area contributed by atoms with Crippen LogP contribution >= 0.6 is 0 Å². The summed E-state index contributed by atoms with van der Waals surface area (Å²) in [6, 6.07) is 22.5. The standard InChI is InChI=1S/C23H22N2O4/c26-23(12-13-24-17-10-11-21-22(16-17)28-15-14-27-21)25-19-8-4-5-9-20(19)29-18-6-2-1-3-7-18/h1-11,16,24H,12-15H2,(H,25,26). The van der Waals surface area contributed by atoms with E-state index in [-0.39, 0.29) is 5.91 Å². The van der Waals surface area contributed by atoms with E-state index in [1.165, 1.54) is 0 Å². The number of rotatable bonds is 7. The number of nitrogens with one attached hydrogen (secondary N) is 2. The second-order valence-corrected chi connectivity index (χ2v) is 6.49. The van der Waals surface area contributed by atoms with Crippen LogP contribution in [0, 0.1) is 0 Å². The molecule has 1 heterocycles. The van der Waals surface area contributed by atoms with E-state index < -0.39 is 0 Å². The zero-order chi connectivity index (χ0) is 19.9. The van der Waals surface area contributed by atoms with Gasteiger partial charge in [0, 0.05) is 24.7 Å². The number of carbonyl (C=O) groups is 1. The third-order valence-corrected chi connectivity index (χ3v) is 4.36. The van der Waals surface area contributed by atoms with Crippen molar-refractivity contribution in [1.82, 2.24) is 0 Å². The maximum Gasteiger partial charge on any atom is 0.226 e. The molecule has 0 aromatic heterocycles. The fourth-order valence-corrected chi connectivity index (χ4v) is 2.96. The highest BCUT2D eigenvalue weighted by molar-refractivity contribution is 5.92. The molecule has 0 unspecified atom stereocenters. The third kappa shape index (κ3) is 4.99. The lowest BCUT2D eigenvalue weighted by Gasteiger charge is -2.19. The van der Waals surface area contributed by atoms with Crippen LogP contribution in [0.1, 0.15) is 6.42 Å². The molecule has 0 saturated heterocycles. The summed E-state index contributed by atoms with van der Waals surface area (Å²) in [4.78, 5) is 12.4. The Morgan fingerprint density at radius 3 is 2.52 bits per heavy atom. The van der Waals surface area contributed by atoms with Gasteiger partial charge in [0.05, 0.1) is 5.69 Å². The molecule has 148 valence electrons. The fourth-order valence-electron chi connectivity index (χ4n) is 2.96. The molecule has 1 amide bonds. The van der Waals surface area contributed by atoms with Gasteiger partial charge in [-0.3, -0.25) is 4.79 Å². The molecule has 3 aromatic rings. The van der Waals surface area contributed by atoms with Gasteiger partial charge in [-0.15, -0.1) is 0 Å². The van der Waals surface area contributed by atoms with Crippen LogP contribution in [0.2, 0.25) is 0 Å². The number of amides is 1. The van der Waals surface area contributed by atoms with Crippen LogP contribution in [0.15, 0.2) is 72.8 Å². The van der Waals surface area contributed by atoms with E-state index >= 15 is 0 Å². The van der Waals surface area contributed by atoms with Gasteiger partial charge in [-0.2, -0.15) is 0 Å². The average molecular weight is 390 g/mol. The first-order valence-electron chi connectivity index (χ1n) is 9.53. The Labute approximate surface area is 169 Å². The molecule has 0 atom stereocenters. The SMILES string of the molecule is O=C(CCNc1ccc2c(c1)OCCO2)Nc1ccccc1Oc1ccccc1. The highest BCUT2D eigenvalue weighted by Crippen LogP contribution is 2.32. The van der Waals surface area contributed by atoms with Gasteiger partial charge < -0.3 is 24.8 Å². The summed E-state index contributed by atoms with van der Waals surface area (Å²) in [6.45, 7) is 1.60. The zero-order valence-electron chi connectivity index (χ0n) is 15.9.